The predicted molar refractivity (Wildman–Crippen MR) is 54.6 cm³/mol. The molecular formula is C11H20O3. The van der Waals surface area contributed by atoms with E-state index in [0.29, 0.717) is 0 Å². The van der Waals surface area contributed by atoms with Crippen LogP contribution in [-0.4, -0.2) is 11.9 Å². The van der Waals surface area contributed by atoms with Crippen LogP contribution >= 0.6 is 0 Å². The molecular weight excluding hydrogens is 180 g/mol. The van der Waals surface area contributed by atoms with Crippen LogP contribution in [0.1, 0.15) is 48.0 Å². The first-order chi connectivity index (χ1) is 6.02. The standard InChI is InChI=1S/C11H20O3/c1-10(2,3)7-8(12)14-9(13)11(4,5)6/h7H2,1-6H3. The van der Waals surface area contributed by atoms with Crippen LogP contribution in [0.2, 0.25) is 0 Å². The van der Waals surface area contributed by atoms with Crippen LogP contribution in [0, 0.1) is 10.8 Å². The SMILES string of the molecule is CC(C)(C)CC(=O)OC(=O)C(C)(C)C. The fraction of sp³-hybridized carbons (Fsp3) is 0.818. The average Bonchev–Trinajstić information content (AvgIpc) is 1.79. The van der Waals surface area contributed by atoms with E-state index >= 15 is 0 Å². The monoisotopic (exact) mass is 200 g/mol. The molecule has 0 saturated carbocycles. The molecule has 3 nitrogen and oxygen atoms in total. The Balaban J connectivity index is 4.16. The molecule has 0 bridgehead atoms. The molecule has 3 heteroatoms. The summed E-state index contributed by atoms with van der Waals surface area (Å²) in [6, 6.07) is 0. The summed E-state index contributed by atoms with van der Waals surface area (Å²) in [5.74, 6) is -0.913. The van der Waals surface area contributed by atoms with E-state index < -0.39 is 17.4 Å². The summed E-state index contributed by atoms with van der Waals surface area (Å²) in [5, 5.41) is 0. The highest BCUT2D eigenvalue weighted by Gasteiger charge is 2.27. The molecule has 0 aliphatic rings. The van der Waals surface area contributed by atoms with Gasteiger partial charge in [0.1, 0.15) is 0 Å². The van der Waals surface area contributed by atoms with Gasteiger partial charge in [0.25, 0.3) is 0 Å². The van der Waals surface area contributed by atoms with Crippen molar-refractivity contribution in [1.82, 2.24) is 0 Å². The highest BCUT2D eigenvalue weighted by atomic mass is 16.6. The third kappa shape index (κ3) is 5.73. The lowest BCUT2D eigenvalue weighted by Gasteiger charge is -2.19. The zero-order chi connectivity index (χ0) is 11.6. The molecule has 0 radical (unpaired) electrons. The van der Waals surface area contributed by atoms with Crippen LogP contribution in [0.5, 0.6) is 0 Å². The van der Waals surface area contributed by atoms with Crippen LogP contribution in [0.3, 0.4) is 0 Å². The minimum absolute atomic E-state index is 0.144. The molecule has 0 amide bonds. The Morgan fingerprint density at radius 2 is 1.43 bits per heavy atom. The lowest BCUT2D eigenvalue weighted by atomic mass is 9.92. The topological polar surface area (TPSA) is 43.4 Å². The Kier molecular flexibility index (Phi) is 3.86. The number of carbonyl (C=O) groups is 2. The quantitative estimate of drug-likeness (QED) is 0.482. The summed E-state index contributed by atoms with van der Waals surface area (Å²) in [4.78, 5) is 22.6. The summed E-state index contributed by atoms with van der Waals surface area (Å²) in [6.45, 7) is 10.9. The van der Waals surface area contributed by atoms with E-state index in [4.69, 9.17) is 4.74 Å². The van der Waals surface area contributed by atoms with Gasteiger partial charge in [0.15, 0.2) is 0 Å². The summed E-state index contributed by atoms with van der Waals surface area (Å²) < 4.78 is 4.71. The second kappa shape index (κ2) is 4.11. The Morgan fingerprint density at radius 1 is 1.00 bits per heavy atom. The zero-order valence-corrected chi connectivity index (χ0v) is 9.93. The molecule has 14 heavy (non-hydrogen) atoms. The van der Waals surface area contributed by atoms with Gasteiger partial charge in [-0.2, -0.15) is 0 Å². The normalized spacial score (nSPS) is 12.4. The van der Waals surface area contributed by atoms with Crippen molar-refractivity contribution in [2.45, 2.75) is 48.0 Å². The summed E-state index contributed by atoms with van der Waals surface area (Å²) in [6.07, 6.45) is 0.259. The van der Waals surface area contributed by atoms with Gasteiger partial charge in [-0.15, -0.1) is 0 Å². The highest BCUT2D eigenvalue weighted by molar-refractivity contribution is 5.88. The molecule has 0 aliphatic carbocycles. The van der Waals surface area contributed by atoms with E-state index in [0.717, 1.165) is 0 Å². The molecule has 0 aromatic heterocycles. The number of carbonyl (C=O) groups excluding carboxylic acids is 2. The van der Waals surface area contributed by atoms with Crippen molar-refractivity contribution >= 4 is 11.9 Å². The van der Waals surface area contributed by atoms with Crippen molar-refractivity contribution in [1.29, 1.82) is 0 Å². The van der Waals surface area contributed by atoms with Crippen molar-refractivity contribution in [3.63, 3.8) is 0 Å². The maximum atomic E-state index is 11.3. The summed E-state index contributed by atoms with van der Waals surface area (Å²) in [7, 11) is 0. The van der Waals surface area contributed by atoms with Gasteiger partial charge < -0.3 is 4.74 Å². The number of rotatable bonds is 1. The third-order valence-electron chi connectivity index (χ3n) is 1.49. The summed E-state index contributed by atoms with van der Waals surface area (Å²) in [5.41, 5.74) is -0.761. The number of hydrogen-bond donors (Lipinski definition) is 0. The lowest BCUT2D eigenvalue weighted by Crippen LogP contribution is -2.27. The Labute approximate surface area is 85.8 Å². The molecule has 0 heterocycles. The number of ether oxygens (including phenoxy) is 1. The minimum atomic E-state index is -0.618. The average molecular weight is 200 g/mol. The molecule has 82 valence electrons. The third-order valence-corrected chi connectivity index (χ3v) is 1.49. The largest absolute Gasteiger partial charge is 0.393 e. The molecule has 0 saturated heterocycles. The molecule has 0 aromatic rings. The first-order valence-electron chi connectivity index (χ1n) is 4.77. The second-order valence-corrected chi connectivity index (χ2v) is 5.75. The van der Waals surface area contributed by atoms with Crippen LogP contribution in [-0.2, 0) is 14.3 Å². The van der Waals surface area contributed by atoms with E-state index in [2.05, 4.69) is 0 Å². The van der Waals surface area contributed by atoms with Crippen molar-refractivity contribution in [2.75, 3.05) is 0 Å². The van der Waals surface area contributed by atoms with Gasteiger partial charge in [-0.1, -0.05) is 20.8 Å². The fourth-order valence-electron chi connectivity index (χ4n) is 0.726. The molecule has 0 aliphatic heterocycles. The lowest BCUT2D eigenvalue weighted by molar-refractivity contribution is -0.166. The van der Waals surface area contributed by atoms with Crippen LogP contribution in [0.15, 0.2) is 0 Å². The molecule has 0 unspecified atom stereocenters. The Bertz CT molecular complexity index is 228. The van der Waals surface area contributed by atoms with Gasteiger partial charge in [-0.05, 0) is 26.2 Å². The second-order valence-electron chi connectivity index (χ2n) is 5.75. The molecule has 0 N–H and O–H groups in total. The molecule has 0 aromatic carbocycles. The van der Waals surface area contributed by atoms with E-state index in [-0.39, 0.29) is 11.8 Å². The minimum Gasteiger partial charge on any atom is -0.393 e. The van der Waals surface area contributed by atoms with E-state index in [1.165, 1.54) is 0 Å². The highest BCUT2D eigenvalue weighted by Crippen LogP contribution is 2.21. The Hall–Kier alpha value is -0.860. The predicted octanol–water partition coefficient (Wildman–Crippen LogP) is 2.54. The van der Waals surface area contributed by atoms with Gasteiger partial charge in [-0.3, -0.25) is 9.59 Å². The van der Waals surface area contributed by atoms with Gasteiger partial charge >= 0.3 is 11.9 Å². The first-order valence-corrected chi connectivity index (χ1v) is 4.77. The van der Waals surface area contributed by atoms with Gasteiger partial charge in [0, 0.05) is 0 Å². The van der Waals surface area contributed by atoms with Crippen molar-refractivity contribution < 1.29 is 14.3 Å². The molecule has 0 spiro atoms. The van der Waals surface area contributed by atoms with E-state index in [1.54, 1.807) is 20.8 Å². The zero-order valence-electron chi connectivity index (χ0n) is 9.93. The first kappa shape index (κ1) is 13.1. The van der Waals surface area contributed by atoms with Crippen LogP contribution < -0.4 is 0 Å². The maximum Gasteiger partial charge on any atom is 0.318 e. The fourth-order valence-corrected chi connectivity index (χ4v) is 0.726. The van der Waals surface area contributed by atoms with Crippen molar-refractivity contribution in [3.8, 4) is 0 Å². The van der Waals surface area contributed by atoms with Crippen LogP contribution in [0.4, 0.5) is 0 Å². The maximum absolute atomic E-state index is 11.3. The van der Waals surface area contributed by atoms with E-state index in [9.17, 15) is 9.59 Å². The van der Waals surface area contributed by atoms with Crippen molar-refractivity contribution in [2.24, 2.45) is 10.8 Å². The Morgan fingerprint density at radius 3 is 1.71 bits per heavy atom. The van der Waals surface area contributed by atoms with Crippen molar-refractivity contribution in [3.05, 3.63) is 0 Å². The van der Waals surface area contributed by atoms with E-state index in [1.807, 2.05) is 20.8 Å². The number of hydrogen-bond acceptors (Lipinski definition) is 3. The van der Waals surface area contributed by atoms with Crippen LogP contribution in [0.25, 0.3) is 0 Å². The van der Waals surface area contributed by atoms with Gasteiger partial charge in [0.05, 0.1) is 11.8 Å². The van der Waals surface area contributed by atoms with Gasteiger partial charge in [0.2, 0.25) is 0 Å². The molecule has 0 fully saturated rings. The molecule has 0 rings (SSSR count). The summed E-state index contributed by atoms with van der Waals surface area (Å²) >= 11 is 0. The smallest absolute Gasteiger partial charge is 0.318 e. The number of esters is 2. The molecule has 0 atom stereocenters. The van der Waals surface area contributed by atoms with Gasteiger partial charge in [-0.25, -0.2) is 0 Å².